The molecule has 1 aliphatic heterocycles. The molecule has 0 atom stereocenters. The van der Waals surface area contributed by atoms with Gasteiger partial charge in [0, 0.05) is 19.3 Å². The van der Waals surface area contributed by atoms with Gasteiger partial charge in [-0.2, -0.15) is 0 Å². The van der Waals surface area contributed by atoms with Crippen LogP contribution >= 0.6 is 0 Å². The Bertz CT molecular complexity index is 449. The third-order valence-corrected chi connectivity index (χ3v) is 3.42. The number of urea groups is 1. The molecular formula is C16H22N2O2. The van der Waals surface area contributed by atoms with Crippen molar-refractivity contribution in [3.8, 4) is 0 Å². The van der Waals surface area contributed by atoms with Crippen molar-refractivity contribution >= 4 is 6.03 Å². The third kappa shape index (κ3) is 4.38. The molecule has 0 bridgehead atoms. The van der Waals surface area contributed by atoms with E-state index in [1.54, 1.807) is 4.90 Å². The molecule has 0 radical (unpaired) electrons. The van der Waals surface area contributed by atoms with E-state index < -0.39 is 0 Å². The lowest BCUT2D eigenvalue weighted by Crippen LogP contribution is -2.37. The first-order chi connectivity index (χ1) is 9.79. The van der Waals surface area contributed by atoms with Gasteiger partial charge in [-0.15, -0.1) is 0 Å². The van der Waals surface area contributed by atoms with Crippen molar-refractivity contribution in [1.82, 2.24) is 10.2 Å². The van der Waals surface area contributed by atoms with Crippen molar-refractivity contribution in [2.24, 2.45) is 0 Å². The fraction of sp³-hybridized carbons (Fsp3) is 0.438. The number of hydrogen-bond acceptors (Lipinski definition) is 2. The maximum absolute atomic E-state index is 12.2. The zero-order valence-corrected chi connectivity index (χ0v) is 12.0. The van der Waals surface area contributed by atoms with E-state index in [0.29, 0.717) is 13.1 Å². The van der Waals surface area contributed by atoms with E-state index in [1.165, 1.54) is 5.57 Å². The molecule has 1 fully saturated rings. The number of rotatable bonds is 4. The molecule has 108 valence electrons. The highest BCUT2D eigenvalue weighted by Crippen LogP contribution is 2.12. The van der Waals surface area contributed by atoms with Gasteiger partial charge in [-0.1, -0.05) is 30.3 Å². The number of amides is 2. The van der Waals surface area contributed by atoms with Crippen LogP contribution in [0, 0.1) is 0 Å². The molecule has 1 aliphatic rings. The number of carbonyl (C=O) groups is 1. The fourth-order valence-electron chi connectivity index (χ4n) is 2.16. The molecule has 1 N–H and O–H groups in total. The second kappa shape index (κ2) is 7.70. The van der Waals surface area contributed by atoms with Crippen LogP contribution in [0.5, 0.6) is 0 Å². The minimum atomic E-state index is -0.0460. The van der Waals surface area contributed by atoms with E-state index in [9.17, 15) is 4.79 Å². The summed E-state index contributed by atoms with van der Waals surface area (Å²) >= 11 is 0. The van der Waals surface area contributed by atoms with Crippen LogP contribution in [0.2, 0.25) is 0 Å². The van der Waals surface area contributed by atoms with E-state index in [-0.39, 0.29) is 6.03 Å². The lowest BCUT2D eigenvalue weighted by Gasteiger charge is -2.21. The standard InChI is InChI=1S/C16H22N2O2/c1-2-18(13-15-6-4-3-5-7-15)16(19)17-12-14-8-10-20-11-9-14/h3-7,12H,2,8-11,13H2,1H3,(H,17,19). The molecule has 4 nitrogen and oxygen atoms in total. The molecule has 1 saturated heterocycles. The van der Waals surface area contributed by atoms with Gasteiger partial charge in [0.2, 0.25) is 0 Å². The van der Waals surface area contributed by atoms with Crippen molar-refractivity contribution in [1.29, 1.82) is 0 Å². The van der Waals surface area contributed by atoms with Crippen LogP contribution in [0.4, 0.5) is 4.79 Å². The van der Waals surface area contributed by atoms with Crippen molar-refractivity contribution in [2.75, 3.05) is 19.8 Å². The monoisotopic (exact) mass is 274 g/mol. The van der Waals surface area contributed by atoms with Crippen molar-refractivity contribution in [2.45, 2.75) is 26.3 Å². The summed E-state index contributed by atoms with van der Waals surface area (Å²) in [4.78, 5) is 14.0. The summed E-state index contributed by atoms with van der Waals surface area (Å²) in [7, 11) is 0. The molecule has 2 amide bonds. The summed E-state index contributed by atoms with van der Waals surface area (Å²) < 4.78 is 5.29. The summed E-state index contributed by atoms with van der Waals surface area (Å²) in [5, 5.41) is 2.89. The lowest BCUT2D eigenvalue weighted by atomic mass is 10.1. The molecule has 1 aromatic rings. The van der Waals surface area contributed by atoms with Gasteiger partial charge in [-0.25, -0.2) is 4.79 Å². The van der Waals surface area contributed by atoms with Crippen LogP contribution in [-0.2, 0) is 11.3 Å². The predicted octanol–water partition coefficient (Wildman–Crippen LogP) is 2.91. The van der Waals surface area contributed by atoms with Crippen LogP contribution in [0.1, 0.15) is 25.3 Å². The van der Waals surface area contributed by atoms with Gasteiger partial charge in [0.1, 0.15) is 0 Å². The minimum absolute atomic E-state index is 0.0460. The summed E-state index contributed by atoms with van der Waals surface area (Å²) in [6.07, 6.45) is 3.66. The van der Waals surface area contributed by atoms with Gasteiger partial charge in [0.05, 0.1) is 13.2 Å². The van der Waals surface area contributed by atoms with Gasteiger partial charge >= 0.3 is 6.03 Å². The third-order valence-electron chi connectivity index (χ3n) is 3.42. The Labute approximate surface area is 120 Å². The first-order valence-corrected chi connectivity index (χ1v) is 7.14. The van der Waals surface area contributed by atoms with Crippen molar-refractivity contribution in [3.63, 3.8) is 0 Å². The van der Waals surface area contributed by atoms with Crippen molar-refractivity contribution < 1.29 is 9.53 Å². The van der Waals surface area contributed by atoms with E-state index in [2.05, 4.69) is 5.32 Å². The highest BCUT2D eigenvalue weighted by molar-refractivity contribution is 5.75. The Morgan fingerprint density at radius 2 is 2.00 bits per heavy atom. The predicted molar refractivity (Wildman–Crippen MR) is 79.2 cm³/mol. The van der Waals surface area contributed by atoms with E-state index in [1.807, 2.05) is 43.5 Å². The van der Waals surface area contributed by atoms with Gasteiger partial charge in [0.15, 0.2) is 0 Å². The Morgan fingerprint density at radius 1 is 1.30 bits per heavy atom. The summed E-state index contributed by atoms with van der Waals surface area (Å²) in [6, 6.07) is 9.99. The first-order valence-electron chi connectivity index (χ1n) is 7.14. The molecule has 0 aliphatic carbocycles. The van der Waals surface area contributed by atoms with Crippen LogP contribution in [-0.4, -0.2) is 30.7 Å². The van der Waals surface area contributed by atoms with Gasteiger partial charge in [-0.3, -0.25) is 0 Å². The van der Waals surface area contributed by atoms with E-state index in [0.717, 1.165) is 31.6 Å². The molecule has 4 heteroatoms. The maximum atomic E-state index is 12.2. The Kier molecular flexibility index (Phi) is 5.62. The van der Waals surface area contributed by atoms with Crippen LogP contribution in [0.15, 0.2) is 42.1 Å². The molecule has 0 unspecified atom stereocenters. The van der Waals surface area contributed by atoms with Gasteiger partial charge in [-0.05, 0) is 30.9 Å². The number of benzene rings is 1. The van der Waals surface area contributed by atoms with Gasteiger partial charge < -0.3 is 15.0 Å². The smallest absolute Gasteiger partial charge is 0.321 e. The molecule has 2 rings (SSSR count). The molecule has 1 heterocycles. The molecule has 20 heavy (non-hydrogen) atoms. The fourth-order valence-corrected chi connectivity index (χ4v) is 2.16. The van der Waals surface area contributed by atoms with Crippen molar-refractivity contribution in [3.05, 3.63) is 47.7 Å². The Hall–Kier alpha value is -1.81. The van der Waals surface area contributed by atoms with E-state index >= 15 is 0 Å². The SMILES string of the molecule is CCN(Cc1ccccc1)C(=O)NC=C1CCOCC1. The normalized spacial score (nSPS) is 14.8. The minimum Gasteiger partial charge on any atom is -0.381 e. The van der Waals surface area contributed by atoms with Crippen LogP contribution < -0.4 is 5.32 Å². The Morgan fingerprint density at radius 3 is 2.65 bits per heavy atom. The van der Waals surface area contributed by atoms with Crippen LogP contribution in [0.3, 0.4) is 0 Å². The average molecular weight is 274 g/mol. The second-order valence-corrected chi connectivity index (χ2v) is 4.86. The lowest BCUT2D eigenvalue weighted by molar-refractivity contribution is 0.119. The number of nitrogens with one attached hydrogen (secondary N) is 1. The summed E-state index contributed by atoms with van der Waals surface area (Å²) in [5.41, 5.74) is 2.39. The quantitative estimate of drug-likeness (QED) is 0.917. The summed E-state index contributed by atoms with van der Waals surface area (Å²) in [5.74, 6) is 0. The highest BCUT2D eigenvalue weighted by Gasteiger charge is 2.11. The number of carbonyl (C=O) groups excluding carboxylic acids is 1. The topological polar surface area (TPSA) is 41.6 Å². The van der Waals surface area contributed by atoms with Crippen LogP contribution in [0.25, 0.3) is 0 Å². The van der Waals surface area contributed by atoms with E-state index in [4.69, 9.17) is 4.74 Å². The largest absolute Gasteiger partial charge is 0.381 e. The first kappa shape index (κ1) is 14.6. The zero-order valence-electron chi connectivity index (χ0n) is 12.0. The number of hydrogen-bond donors (Lipinski definition) is 1. The number of ether oxygens (including phenoxy) is 1. The average Bonchev–Trinajstić information content (AvgIpc) is 2.52. The molecule has 0 spiro atoms. The highest BCUT2D eigenvalue weighted by atomic mass is 16.5. The Balaban J connectivity index is 1.88. The van der Waals surface area contributed by atoms with Gasteiger partial charge in [0.25, 0.3) is 0 Å². The molecular weight excluding hydrogens is 252 g/mol. The molecule has 0 saturated carbocycles. The number of nitrogens with zero attached hydrogens (tertiary/aromatic N) is 1. The zero-order chi connectivity index (χ0) is 14.2. The summed E-state index contributed by atoms with van der Waals surface area (Å²) in [6.45, 7) is 4.82. The maximum Gasteiger partial charge on any atom is 0.321 e. The molecule has 0 aromatic heterocycles. The molecule has 1 aromatic carbocycles. The second-order valence-electron chi connectivity index (χ2n) is 4.86.